The highest BCUT2D eigenvalue weighted by atomic mass is 16.2. The van der Waals surface area contributed by atoms with Crippen LogP contribution in [0.1, 0.15) is 18.4 Å². The maximum Gasteiger partial charge on any atom is 0.239 e. The summed E-state index contributed by atoms with van der Waals surface area (Å²) in [6.45, 7) is 0.176. The highest BCUT2D eigenvalue weighted by molar-refractivity contribution is 5.82. The van der Waals surface area contributed by atoms with Crippen molar-refractivity contribution in [1.82, 2.24) is 5.32 Å². The lowest BCUT2D eigenvalue weighted by Gasteiger charge is -2.08. The van der Waals surface area contributed by atoms with Crippen molar-refractivity contribution in [2.75, 3.05) is 17.6 Å². The van der Waals surface area contributed by atoms with Crippen molar-refractivity contribution in [1.29, 1.82) is 5.26 Å². The van der Waals surface area contributed by atoms with E-state index in [1.165, 1.54) is 0 Å². The number of nitrogens with zero attached hydrogens (tertiary/aromatic N) is 1. The topological polar surface area (TPSA) is 90.9 Å². The number of nitrogen functional groups attached to an aromatic ring is 1. The average molecular weight is 230 g/mol. The van der Waals surface area contributed by atoms with Gasteiger partial charge in [0.2, 0.25) is 5.91 Å². The van der Waals surface area contributed by atoms with Gasteiger partial charge in [-0.25, -0.2) is 0 Å². The van der Waals surface area contributed by atoms with Gasteiger partial charge in [0.05, 0.1) is 17.8 Å². The average Bonchev–Trinajstić information content (AvgIpc) is 3.11. The minimum atomic E-state index is -0.0479. The van der Waals surface area contributed by atoms with Crippen molar-refractivity contribution >= 4 is 17.3 Å². The second-order valence-electron chi connectivity index (χ2n) is 4.11. The molecule has 0 aliphatic heterocycles. The van der Waals surface area contributed by atoms with Gasteiger partial charge in [-0.1, -0.05) is 0 Å². The molecule has 1 aromatic carbocycles. The van der Waals surface area contributed by atoms with Gasteiger partial charge in [-0.05, 0) is 31.0 Å². The lowest BCUT2D eigenvalue weighted by molar-refractivity contribution is -0.119. The number of amides is 1. The largest absolute Gasteiger partial charge is 0.399 e. The molecule has 0 bridgehead atoms. The molecule has 1 fully saturated rings. The molecule has 17 heavy (non-hydrogen) atoms. The minimum Gasteiger partial charge on any atom is -0.399 e. The Labute approximate surface area is 99.6 Å². The number of benzene rings is 1. The second-order valence-corrected chi connectivity index (χ2v) is 4.11. The van der Waals surface area contributed by atoms with Crippen LogP contribution >= 0.6 is 0 Å². The Kier molecular flexibility index (Phi) is 3.15. The van der Waals surface area contributed by atoms with Crippen LogP contribution in [0.15, 0.2) is 18.2 Å². The first-order valence-electron chi connectivity index (χ1n) is 5.52. The van der Waals surface area contributed by atoms with Gasteiger partial charge >= 0.3 is 0 Å². The third-order valence-electron chi connectivity index (χ3n) is 2.55. The van der Waals surface area contributed by atoms with Crippen LogP contribution in [0, 0.1) is 11.3 Å². The molecular weight excluding hydrogens is 216 g/mol. The molecule has 0 aromatic heterocycles. The van der Waals surface area contributed by atoms with Gasteiger partial charge in [-0.3, -0.25) is 4.79 Å². The molecule has 2 rings (SSSR count). The molecule has 0 heterocycles. The molecule has 1 aromatic rings. The lowest BCUT2D eigenvalue weighted by Crippen LogP contribution is -2.31. The number of hydrogen-bond acceptors (Lipinski definition) is 4. The fraction of sp³-hybridized carbons (Fsp3) is 0.333. The van der Waals surface area contributed by atoms with E-state index in [-0.39, 0.29) is 12.5 Å². The number of carbonyl (C=O) groups is 1. The summed E-state index contributed by atoms with van der Waals surface area (Å²) in [7, 11) is 0. The van der Waals surface area contributed by atoms with Crippen LogP contribution < -0.4 is 16.4 Å². The van der Waals surface area contributed by atoms with Crippen LogP contribution in [0.2, 0.25) is 0 Å². The van der Waals surface area contributed by atoms with Gasteiger partial charge in [-0.15, -0.1) is 0 Å². The van der Waals surface area contributed by atoms with Crippen molar-refractivity contribution < 1.29 is 4.79 Å². The van der Waals surface area contributed by atoms with Crippen molar-refractivity contribution in [2.45, 2.75) is 18.9 Å². The summed E-state index contributed by atoms with van der Waals surface area (Å²) in [5, 5.41) is 14.7. The Bertz CT molecular complexity index is 474. The molecule has 4 N–H and O–H groups in total. The highest BCUT2D eigenvalue weighted by Gasteiger charge is 2.22. The van der Waals surface area contributed by atoms with Crippen molar-refractivity contribution in [3.8, 4) is 6.07 Å². The SMILES string of the molecule is N#Cc1cc(N)ccc1NCC(=O)NC1CC1. The Morgan fingerprint density at radius 1 is 1.53 bits per heavy atom. The first kappa shape index (κ1) is 11.3. The van der Waals surface area contributed by atoms with Crippen molar-refractivity contribution in [2.24, 2.45) is 0 Å². The summed E-state index contributed by atoms with van der Waals surface area (Å²) in [6, 6.07) is 7.38. The van der Waals surface area contributed by atoms with E-state index in [0.29, 0.717) is 23.0 Å². The summed E-state index contributed by atoms with van der Waals surface area (Å²) in [6.07, 6.45) is 2.13. The van der Waals surface area contributed by atoms with Gasteiger partial charge in [0.1, 0.15) is 6.07 Å². The normalized spacial score (nSPS) is 13.8. The fourth-order valence-corrected chi connectivity index (χ4v) is 1.49. The van der Waals surface area contributed by atoms with Crippen LogP contribution in [0.25, 0.3) is 0 Å². The molecule has 88 valence electrons. The van der Waals surface area contributed by atoms with Crippen LogP contribution in [0.5, 0.6) is 0 Å². The fourth-order valence-electron chi connectivity index (χ4n) is 1.49. The molecule has 0 atom stereocenters. The predicted octanol–water partition coefficient (Wildman–Crippen LogP) is 0.831. The number of carbonyl (C=O) groups excluding carboxylic acids is 1. The molecular formula is C12H14N4O. The Balaban J connectivity index is 1.93. The van der Waals surface area contributed by atoms with E-state index in [2.05, 4.69) is 10.6 Å². The van der Waals surface area contributed by atoms with Gasteiger partial charge in [0.15, 0.2) is 0 Å². The van der Waals surface area contributed by atoms with Gasteiger partial charge in [-0.2, -0.15) is 5.26 Å². The van der Waals surface area contributed by atoms with Crippen LogP contribution in [0.4, 0.5) is 11.4 Å². The Morgan fingerprint density at radius 3 is 2.94 bits per heavy atom. The quantitative estimate of drug-likeness (QED) is 0.668. The molecule has 0 radical (unpaired) electrons. The zero-order valence-corrected chi connectivity index (χ0v) is 9.36. The van der Waals surface area contributed by atoms with Crippen molar-refractivity contribution in [3.63, 3.8) is 0 Å². The molecule has 0 saturated heterocycles. The maximum atomic E-state index is 11.5. The summed E-state index contributed by atoms with van der Waals surface area (Å²) in [4.78, 5) is 11.5. The van der Waals surface area contributed by atoms with E-state index in [1.807, 2.05) is 6.07 Å². The standard InChI is InChI=1S/C12H14N4O/c13-6-8-5-9(14)1-4-11(8)15-7-12(17)16-10-2-3-10/h1,4-5,10,15H,2-3,7,14H2,(H,16,17). The second kappa shape index (κ2) is 4.74. The molecule has 0 unspecified atom stereocenters. The van der Waals surface area contributed by atoms with Crippen LogP contribution in [-0.2, 0) is 4.79 Å². The first-order valence-corrected chi connectivity index (χ1v) is 5.52. The van der Waals surface area contributed by atoms with Gasteiger partial charge in [0.25, 0.3) is 0 Å². The molecule has 1 aliphatic carbocycles. The van der Waals surface area contributed by atoms with Gasteiger partial charge in [0, 0.05) is 11.7 Å². The summed E-state index contributed by atoms with van der Waals surface area (Å²) >= 11 is 0. The molecule has 5 heteroatoms. The number of nitrogens with two attached hydrogens (primary N) is 1. The van der Waals surface area contributed by atoms with Crippen LogP contribution in [0.3, 0.4) is 0 Å². The van der Waals surface area contributed by atoms with E-state index in [9.17, 15) is 4.79 Å². The maximum absolute atomic E-state index is 11.5. The van der Waals surface area contributed by atoms with Crippen LogP contribution in [-0.4, -0.2) is 18.5 Å². The molecule has 1 amide bonds. The third kappa shape index (κ3) is 3.11. The summed E-state index contributed by atoms with van der Waals surface area (Å²) in [5.41, 5.74) is 7.19. The molecule has 5 nitrogen and oxygen atoms in total. The predicted molar refractivity (Wildman–Crippen MR) is 65.2 cm³/mol. The van der Waals surface area contributed by atoms with E-state index in [0.717, 1.165) is 12.8 Å². The minimum absolute atomic E-state index is 0.0479. The van der Waals surface area contributed by atoms with E-state index >= 15 is 0 Å². The first-order chi connectivity index (χ1) is 8.19. The number of nitriles is 1. The Hall–Kier alpha value is -2.22. The number of anilines is 2. The zero-order chi connectivity index (χ0) is 12.3. The van der Waals surface area contributed by atoms with E-state index in [4.69, 9.17) is 11.0 Å². The third-order valence-corrected chi connectivity index (χ3v) is 2.55. The molecule has 1 saturated carbocycles. The smallest absolute Gasteiger partial charge is 0.239 e. The van der Waals surface area contributed by atoms with Gasteiger partial charge < -0.3 is 16.4 Å². The summed E-state index contributed by atoms with van der Waals surface area (Å²) < 4.78 is 0. The lowest BCUT2D eigenvalue weighted by atomic mass is 10.1. The molecule has 1 aliphatic rings. The molecule has 0 spiro atoms. The van der Waals surface area contributed by atoms with E-state index < -0.39 is 0 Å². The van der Waals surface area contributed by atoms with Crippen molar-refractivity contribution in [3.05, 3.63) is 23.8 Å². The number of rotatable bonds is 4. The number of hydrogen-bond donors (Lipinski definition) is 3. The highest BCUT2D eigenvalue weighted by Crippen LogP contribution is 2.19. The Morgan fingerprint density at radius 2 is 2.29 bits per heavy atom. The zero-order valence-electron chi connectivity index (χ0n) is 9.36. The summed E-state index contributed by atoms with van der Waals surface area (Å²) in [5.74, 6) is -0.0479. The number of nitrogens with one attached hydrogen (secondary N) is 2. The van der Waals surface area contributed by atoms with E-state index in [1.54, 1.807) is 18.2 Å². The monoisotopic (exact) mass is 230 g/mol.